The fraction of sp³-hybridized carbons (Fsp3) is 0.692. The molecule has 0 saturated heterocycles. The molecule has 1 unspecified atom stereocenters. The molecule has 0 spiro atoms. The topological polar surface area (TPSA) is 32.3 Å². The normalized spacial score (nSPS) is 13.8. The average molecular weight is 211 g/mol. The first-order valence-corrected chi connectivity index (χ1v) is 5.69. The molecular weight excluding hydrogens is 186 g/mol. The Balaban J connectivity index is 3.65. The van der Waals surface area contributed by atoms with E-state index in [1.54, 1.807) is 0 Å². The molecular formula is C13H25NO. The van der Waals surface area contributed by atoms with Gasteiger partial charge in [-0.05, 0) is 40.5 Å². The summed E-state index contributed by atoms with van der Waals surface area (Å²) in [5.41, 5.74) is 2.79. The molecule has 0 aliphatic carbocycles. The zero-order chi connectivity index (χ0) is 11.7. The maximum atomic E-state index is 8.81. The number of rotatable bonds is 7. The molecule has 0 aromatic carbocycles. The van der Waals surface area contributed by atoms with Crippen molar-refractivity contribution < 1.29 is 5.11 Å². The van der Waals surface area contributed by atoms with Crippen molar-refractivity contribution in [2.75, 3.05) is 13.2 Å². The van der Waals surface area contributed by atoms with Crippen molar-refractivity contribution in [1.82, 2.24) is 5.32 Å². The van der Waals surface area contributed by atoms with Crippen molar-refractivity contribution in [3.63, 3.8) is 0 Å². The molecule has 0 radical (unpaired) electrons. The number of aliphatic hydroxyl groups is 1. The molecule has 0 aromatic heterocycles. The predicted molar refractivity (Wildman–Crippen MR) is 67.0 cm³/mol. The summed E-state index contributed by atoms with van der Waals surface area (Å²) in [4.78, 5) is 0. The van der Waals surface area contributed by atoms with Crippen LogP contribution in [0.4, 0.5) is 0 Å². The van der Waals surface area contributed by atoms with E-state index >= 15 is 0 Å². The van der Waals surface area contributed by atoms with Gasteiger partial charge in [0.2, 0.25) is 0 Å². The van der Waals surface area contributed by atoms with Crippen molar-refractivity contribution in [3.05, 3.63) is 23.3 Å². The summed E-state index contributed by atoms with van der Waals surface area (Å²) in [6.07, 6.45) is 6.71. The quantitative estimate of drug-likeness (QED) is 0.635. The molecule has 0 aliphatic heterocycles. The van der Waals surface area contributed by atoms with Gasteiger partial charge in [-0.3, -0.25) is 0 Å². The highest BCUT2D eigenvalue weighted by Gasteiger charge is 1.95. The maximum absolute atomic E-state index is 8.81. The lowest BCUT2D eigenvalue weighted by Gasteiger charge is -2.08. The summed E-state index contributed by atoms with van der Waals surface area (Å²) < 4.78 is 0. The first-order valence-electron chi connectivity index (χ1n) is 5.69. The third-order valence-corrected chi connectivity index (χ3v) is 2.28. The Kier molecular flexibility index (Phi) is 8.34. The second-order valence-electron chi connectivity index (χ2n) is 4.36. The van der Waals surface area contributed by atoms with Gasteiger partial charge in [0, 0.05) is 12.6 Å². The summed E-state index contributed by atoms with van der Waals surface area (Å²) in [6.45, 7) is 9.44. The first kappa shape index (κ1) is 14.4. The summed E-state index contributed by atoms with van der Waals surface area (Å²) in [5.74, 6) is 0. The maximum Gasteiger partial charge on any atom is 0.0582 e. The van der Waals surface area contributed by atoms with Gasteiger partial charge in [0.05, 0.1) is 6.61 Å². The van der Waals surface area contributed by atoms with Gasteiger partial charge in [-0.25, -0.2) is 0 Å². The van der Waals surface area contributed by atoms with E-state index in [0.717, 1.165) is 19.4 Å². The molecule has 2 nitrogen and oxygen atoms in total. The lowest BCUT2D eigenvalue weighted by Crippen LogP contribution is -2.29. The highest BCUT2D eigenvalue weighted by Crippen LogP contribution is 2.05. The molecule has 0 aliphatic rings. The number of hydrogen-bond donors (Lipinski definition) is 2. The van der Waals surface area contributed by atoms with Crippen LogP contribution in [0.15, 0.2) is 23.3 Å². The SMILES string of the molecule is CC(C)=CCCC(C)=CCNC(C)CO. The van der Waals surface area contributed by atoms with Crippen molar-refractivity contribution in [2.24, 2.45) is 0 Å². The number of allylic oxidation sites excluding steroid dienone is 3. The Morgan fingerprint density at radius 2 is 1.93 bits per heavy atom. The van der Waals surface area contributed by atoms with Crippen molar-refractivity contribution in [3.8, 4) is 0 Å². The van der Waals surface area contributed by atoms with Crippen LogP contribution in [0.1, 0.15) is 40.5 Å². The van der Waals surface area contributed by atoms with Crippen LogP contribution in [-0.4, -0.2) is 24.3 Å². The van der Waals surface area contributed by atoms with Crippen molar-refractivity contribution >= 4 is 0 Å². The molecule has 2 N–H and O–H groups in total. The van der Waals surface area contributed by atoms with E-state index in [1.807, 2.05) is 6.92 Å². The second kappa shape index (κ2) is 8.69. The highest BCUT2D eigenvalue weighted by atomic mass is 16.3. The molecule has 88 valence electrons. The molecule has 0 aromatic rings. The van der Waals surface area contributed by atoms with Crippen LogP contribution in [0.3, 0.4) is 0 Å². The van der Waals surface area contributed by atoms with E-state index < -0.39 is 0 Å². The second-order valence-corrected chi connectivity index (χ2v) is 4.36. The minimum atomic E-state index is 0.187. The number of aliphatic hydroxyl groups excluding tert-OH is 1. The third-order valence-electron chi connectivity index (χ3n) is 2.28. The van der Waals surface area contributed by atoms with E-state index in [1.165, 1.54) is 11.1 Å². The number of nitrogens with one attached hydrogen (secondary N) is 1. The van der Waals surface area contributed by atoms with Gasteiger partial charge in [-0.1, -0.05) is 23.3 Å². The van der Waals surface area contributed by atoms with Crippen molar-refractivity contribution in [2.45, 2.75) is 46.6 Å². The zero-order valence-electron chi connectivity index (χ0n) is 10.5. The van der Waals surface area contributed by atoms with Gasteiger partial charge in [-0.2, -0.15) is 0 Å². The molecule has 0 amide bonds. The fourth-order valence-corrected chi connectivity index (χ4v) is 1.19. The fourth-order valence-electron chi connectivity index (χ4n) is 1.19. The van der Waals surface area contributed by atoms with Crippen LogP contribution in [0.25, 0.3) is 0 Å². The first-order chi connectivity index (χ1) is 7.06. The van der Waals surface area contributed by atoms with Crippen LogP contribution in [0.2, 0.25) is 0 Å². The monoisotopic (exact) mass is 211 g/mol. The van der Waals surface area contributed by atoms with E-state index in [0.29, 0.717) is 0 Å². The summed E-state index contributed by atoms with van der Waals surface area (Å²) in [7, 11) is 0. The number of hydrogen-bond acceptors (Lipinski definition) is 2. The van der Waals surface area contributed by atoms with Crippen LogP contribution in [-0.2, 0) is 0 Å². The Bertz CT molecular complexity index is 215. The van der Waals surface area contributed by atoms with Crippen LogP contribution >= 0.6 is 0 Å². The van der Waals surface area contributed by atoms with Crippen LogP contribution in [0, 0.1) is 0 Å². The van der Waals surface area contributed by atoms with Gasteiger partial charge in [0.25, 0.3) is 0 Å². The predicted octanol–water partition coefficient (Wildman–Crippen LogP) is 2.65. The van der Waals surface area contributed by atoms with E-state index in [-0.39, 0.29) is 12.6 Å². The van der Waals surface area contributed by atoms with E-state index in [4.69, 9.17) is 5.11 Å². The minimum Gasteiger partial charge on any atom is -0.395 e. The van der Waals surface area contributed by atoms with Gasteiger partial charge in [0.1, 0.15) is 0 Å². The van der Waals surface area contributed by atoms with Gasteiger partial charge in [0.15, 0.2) is 0 Å². The van der Waals surface area contributed by atoms with E-state index in [2.05, 4.69) is 38.2 Å². The highest BCUT2D eigenvalue weighted by molar-refractivity contribution is 5.02. The lowest BCUT2D eigenvalue weighted by molar-refractivity contribution is 0.255. The summed E-state index contributed by atoms with van der Waals surface area (Å²) >= 11 is 0. The van der Waals surface area contributed by atoms with Gasteiger partial charge < -0.3 is 10.4 Å². The molecule has 0 heterocycles. The van der Waals surface area contributed by atoms with Crippen LogP contribution in [0.5, 0.6) is 0 Å². The van der Waals surface area contributed by atoms with Crippen molar-refractivity contribution in [1.29, 1.82) is 0 Å². The molecule has 2 heteroatoms. The Morgan fingerprint density at radius 1 is 1.27 bits per heavy atom. The minimum absolute atomic E-state index is 0.187. The average Bonchev–Trinajstić information content (AvgIpc) is 2.17. The standard InChI is InChI=1S/C13H25NO/c1-11(2)6-5-7-12(3)8-9-14-13(4)10-15/h6,8,13-15H,5,7,9-10H2,1-4H3. The third kappa shape index (κ3) is 9.70. The largest absolute Gasteiger partial charge is 0.395 e. The Hall–Kier alpha value is -0.600. The van der Waals surface area contributed by atoms with Gasteiger partial charge >= 0.3 is 0 Å². The summed E-state index contributed by atoms with van der Waals surface area (Å²) in [5, 5.41) is 12.0. The van der Waals surface area contributed by atoms with Gasteiger partial charge in [-0.15, -0.1) is 0 Å². The van der Waals surface area contributed by atoms with Crippen LogP contribution < -0.4 is 5.32 Å². The Morgan fingerprint density at radius 3 is 2.47 bits per heavy atom. The molecule has 0 fully saturated rings. The molecule has 1 atom stereocenters. The zero-order valence-corrected chi connectivity index (χ0v) is 10.5. The smallest absolute Gasteiger partial charge is 0.0582 e. The molecule has 15 heavy (non-hydrogen) atoms. The summed E-state index contributed by atoms with van der Waals surface area (Å²) in [6, 6.07) is 0.187. The molecule has 0 rings (SSSR count). The van der Waals surface area contributed by atoms with E-state index in [9.17, 15) is 0 Å². The molecule has 0 bridgehead atoms. The Labute approximate surface area is 94.1 Å². The lowest BCUT2D eigenvalue weighted by atomic mass is 10.1. The molecule has 0 saturated carbocycles.